The molecule has 1 fully saturated rings. The first-order valence-corrected chi connectivity index (χ1v) is 24.8. The van der Waals surface area contributed by atoms with Gasteiger partial charge in [-0.3, -0.25) is 9.35 Å². The Kier molecular flexibility index (Phi) is 34.5. The molecule has 14 heteroatoms. The van der Waals surface area contributed by atoms with Crippen LogP contribution in [0.2, 0.25) is 0 Å². The monoisotopic (exact) mass is 876 g/mol. The van der Waals surface area contributed by atoms with Gasteiger partial charge < -0.3 is 40.3 Å². The highest BCUT2D eigenvalue weighted by Crippen LogP contribution is 2.26. The molecule has 0 radical (unpaired) electrons. The van der Waals surface area contributed by atoms with Gasteiger partial charge in [-0.05, 0) is 44.9 Å². The maximum absolute atomic E-state index is 13.1. The summed E-state index contributed by atoms with van der Waals surface area (Å²) >= 11 is 0. The van der Waals surface area contributed by atoms with Gasteiger partial charge in [-0.1, -0.05) is 179 Å². The number of unbranched alkanes of at least 4 members (excludes halogenated alkanes) is 22. The molecule has 0 aromatic carbocycles. The lowest BCUT2D eigenvalue weighted by Gasteiger charge is -2.41. The molecular weight excluding hydrogens is 791 g/mol. The van der Waals surface area contributed by atoms with Crippen LogP contribution >= 0.6 is 0 Å². The van der Waals surface area contributed by atoms with Crippen molar-refractivity contribution in [3.05, 3.63) is 36.5 Å². The number of carbonyl (C=O) groups is 1. The van der Waals surface area contributed by atoms with E-state index in [1.807, 2.05) is 0 Å². The third kappa shape index (κ3) is 28.8. The molecule has 352 valence electrons. The Morgan fingerprint density at radius 1 is 0.667 bits per heavy atom. The Hall–Kier alpha value is -1.72. The van der Waals surface area contributed by atoms with Crippen LogP contribution in [0.25, 0.3) is 0 Å². The van der Waals surface area contributed by atoms with Crippen LogP contribution in [0.5, 0.6) is 0 Å². The molecular formula is C46H85NO12S. The molecule has 1 heterocycles. The number of ether oxygens (including phenoxy) is 2. The van der Waals surface area contributed by atoms with E-state index >= 15 is 0 Å². The minimum absolute atomic E-state index is 0.236. The Morgan fingerprint density at radius 2 is 1.12 bits per heavy atom. The van der Waals surface area contributed by atoms with Gasteiger partial charge in [0.2, 0.25) is 5.91 Å². The van der Waals surface area contributed by atoms with Crippen molar-refractivity contribution >= 4 is 16.3 Å². The smallest absolute Gasteiger partial charge is 0.394 e. The largest absolute Gasteiger partial charge is 0.397 e. The van der Waals surface area contributed by atoms with Crippen LogP contribution in [0.15, 0.2) is 36.5 Å². The van der Waals surface area contributed by atoms with Gasteiger partial charge in [0, 0.05) is 0 Å². The van der Waals surface area contributed by atoms with Gasteiger partial charge in [0.25, 0.3) is 0 Å². The van der Waals surface area contributed by atoms with Gasteiger partial charge in [-0.25, -0.2) is 4.18 Å². The lowest BCUT2D eigenvalue weighted by atomic mass is 9.99. The van der Waals surface area contributed by atoms with Crippen molar-refractivity contribution < 1.29 is 57.0 Å². The zero-order chi connectivity index (χ0) is 44.3. The van der Waals surface area contributed by atoms with Gasteiger partial charge in [0.15, 0.2) is 6.29 Å². The molecule has 0 saturated carbocycles. The molecule has 0 aliphatic carbocycles. The number of rotatable bonds is 39. The van der Waals surface area contributed by atoms with Crippen molar-refractivity contribution in [1.29, 1.82) is 0 Å². The normalized spacial score (nSPS) is 21.6. The van der Waals surface area contributed by atoms with Crippen molar-refractivity contribution in [3.8, 4) is 0 Å². The summed E-state index contributed by atoms with van der Waals surface area (Å²) in [5, 5.41) is 55.1. The maximum Gasteiger partial charge on any atom is 0.397 e. The van der Waals surface area contributed by atoms with E-state index in [9.17, 15) is 43.3 Å². The highest BCUT2D eigenvalue weighted by Gasteiger charge is 2.48. The fourth-order valence-electron chi connectivity index (χ4n) is 7.26. The second-order valence-electron chi connectivity index (χ2n) is 16.5. The number of hydrogen-bond acceptors (Lipinski definition) is 11. The first-order valence-electron chi connectivity index (χ1n) is 23.5. The van der Waals surface area contributed by atoms with E-state index in [4.69, 9.17) is 9.47 Å². The molecule has 7 N–H and O–H groups in total. The summed E-state index contributed by atoms with van der Waals surface area (Å²) in [5.41, 5.74) is 0. The lowest BCUT2D eigenvalue weighted by molar-refractivity contribution is -0.298. The molecule has 0 aromatic rings. The summed E-state index contributed by atoms with van der Waals surface area (Å²) < 4.78 is 47.4. The van der Waals surface area contributed by atoms with Crippen LogP contribution in [0.3, 0.4) is 0 Å². The Morgan fingerprint density at radius 3 is 1.60 bits per heavy atom. The number of aliphatic hydroxyl groups is 5. The van der Waals surface area contributed by atoms with Gasteiger partial charge >= 0.3 is 10.4 Å². The van der Waals surface area contributed by atoms with Crippen molar-refractivity contribution in [2.75, 3.05) is 13.2 Å². The summed E-state index contributed by atoms with van der Waals surface area (Å²) in [6, 6.07) is -1.14. The van der Waals surface area contributed by atoms with Crippen LogP contribution in [0.4, 0.5) is 0 Å². The summed E-state index contributed by atoms with van der Waals surface area (Å²) in [6.07, 6.45) is 30.9. The molecule has 0 bridgehead atoms. The van der Waals surface area contributed by atoms with Crippen LogP contribution in [-0.2, 0) is 28.9 Å². The SMILES string of the molecule is CCCCC/C=C/CC/C=C/CC/C=C/C(O)C(COC1OC(CO)C(O)C(OS(=O)(=O)O)C1O)NC(=O)C(O)CCCCCCCCCCCCCCCCCCCC. The topological polar surface area (TPSA) is 212 Å². The molecule has 1 amide bonds. The minimum Gasteiger partial charge on any atom is -0.394 e. The number of carbonyl (C=O) groups excluding carboxylic acids is 1. The van der Waals surface area contributed by atoms with Gasteiger partial charge in [-0.2, -0.15) is 8.42 Å². The van der Waals surface area contributed by atoms with Crippen LogP contribution in [0, 0.1) is 0 Å². The average Bonchev–Trinajstić information content (AvgIpc) is 3.22. The lowest BCUT2D eigenvalue weighted by Crippen LogP contribution is -2.61. The van der Waals surface area contributed by atoms with Crippen molar-refractivity contribution in [2.24, 2.45) is 0 Å². The molecule has 13 nitrogen and oxygen atoms in total. The Bertz CT molecular complexity index is 1230. The fraction of sp³-hybridized carbons (Fsp3) is 0.848. The zero-order valence-electron chi connectivity index (χ0n) is 37.1. The highest BCUT2D eigenvalue weighted by molar-refractivity contribution is 7.80. The fourth-order valence-corrected chi connectivity index (χ4v) is 7.77. The number of amides is 1. The molecule has 1 saturated heterocycles. The van der Waals surface area contributed by atoms with Gasteiger partial charge in [-0.15, -0.1) is 0 Å². The second-order valence-corrected chi connectivity index (χ2v) is 17.5. The van der Waals surface area contributed by atoms with E-state index < -0.39 is 78.5 Å². The molecule has 1 aliphatic heterocycles. The van der Waals surface area contributed by atoms with Crippen LogP contribution < -0.4 is 5.32 Å². The van der Waals surface area contributed by atoms with Gasteiger partial charge in [0.1, 0.15) is 30.5 Å². The maximum atomic E-state index is 13.1. The van der Waals surface area contributed by atoms with Crippen molar-refractivity contribution in [2.45, 2.75) is 236 Å². The minimum atomic E-state index is -5.12. The van der Waals surface area contributed by atoms with Crippen LogP contribution in [0.1, 0.15) is 187 Å². The molecule has 8 unspecified atom stereocenters. The molecule has 1 rings (SSSR count). The van der Waals surface area contributed by atoms with Crippen molar-refractivity contribution in [3.63, 3.8) is 0 Å². The second kappa shape index (κ2) is 36.7. The molecule has 1 aliphatic rings. The number of hydrogen-bond donors (Lipinski definition) is 7. The molecule has 60 heavy (non-hydrogen) atoms. The molecule has 8 atom stereocenters. The predicted octanol–water partition coefficient (Wildman–Crippen LogP) is 8.08. The average molecular weight is 876 g/mol. The quantitative estimate of drug-likeness (QED) is 0.0178. The Labute approximate surface area is 363 Å². The molecule has 0 spiro atoms. The zero-order valence-corrected chi connectivity index (χ0v) is 37.9. The molecule has 0 aromatic heterocycles. The summed E-state index contributed by atoms with van der Waals surface area (Å²) in [6.45, 7) is 3.16. The Balaban J connectivity index is 2.57. The third-order valence-corrected chi connectivity index (χ3v) is 11.5. The first-order chi connectivity index (χ1) is 28.9. The number of allylic oxidation sites excluding steroid dienone is 5. The van der Waals surface area contributed by atoms with E-state index in [-0.39, 0.29) is 6.42 Å². The van der Waals surface area contributed by atoms with Crippen molar-refractivity contribution in [1.82, 2.24) is 5.32 Å². The van der Waals surface area contributed by atoms with E-state index in [1.54, 1.807) is 6.08 Å². The summed E-state index contributed by atoms with van der Waals surface area (Å²) in [5.74, 6) is -0.716. The predicted molar refractivity (Wildman–Crippen MR) is 238 cm³/mol. The van der Waals surface area contributed by atoms with Gasteiger partial charge in [0.05, 0.1) is 25.4 Å². The third-order valence-electron chi connectivity index (χ3n) is 11.0. The standard InChI is InChI=1S/C46H85NO12S/c1-3-5-7-9-11-13-15-17-18-19-20-21-23-25-27-29-31-33-35-40(50)45(53)47-38(39(49)34-32-30-28-26-24-22-16-14-12-10-8-6-4-2)37-57-46-43(52)44(59-60(54,55)56)42(51)41(36-48)58-46/h12,14,24,26,32,34,38-44,46,48-52H,3-11,13,15-23,25,27-31,33,35-37H2,1-2H3,(H,47,53)(H,54,55,56)/b14-12+,26-24+,34-32+. The van der Waals surface area contributed by atoms with E-state index in [0.717, 1.165) is 44.9 Å². The van der Waals surface area contributed by atoms with E-state index in [2.05, 4.69) is 47.7 Å². The van der Waals surface area contributed by atoms with E-state index in [0.29, 0.717) is 12.8 Å². The highest BCUT2D eigenvalue weighted by atomic mass is 32.3. The number of nitrogens with one attached hydrogen (secondary N) is 1. The summed E-state index contributed by atoms with van der Waals surface area (Å²) in [7, 11) is -5.12. The number of aliphatic hydroxyl groups excluding tert-OH is 5. The first kappa shape index (κ1) is 56.3. The summed E-state index contributed by atoms with van der Waals surface area (Å²) in [4.78, 5) is 13.1. The van der Waals surface area contributed by atoms with Crippen LogP contribution in [-0.4, -0.2) is 107 Å². The van der Waals surface area contributed by atoms with E-state index in [1.165, 1.54) is 115 Å².